The van der Waals surface area contributed by atoms with E-state index in [1.165, 1.54) is 0 Å². The summed E-state index contributed by atoms with van der Waals surface area (Å²) in [7, 11) is 0. The van der Waals surface area contributed by atoms with Gasteiger partial charge in [-0.3, -0.25) is 4.79 Å². The Morgan fingerprint density at radius 2 is 2.14 bits per heavy atom. The molecule has 4 nitrogen and oxygen atoms in total. The maximum atomic E-state index is 12.0. The summed E-state index contributed by atoms with van der Waals surface area (Å²) in [6, 6.07) is 9.51. The van der Waals surface area contributed by atoms with Crippen molar-refractivity contribution in [1.82, 2.24) is 4.90 Å². The molecule has 1 aromatic carbocycles. The van der Waals surface area contributed by atoms with Crippen LogP contribution >= 0.6 is 0 Å². The van der Waals surface area contributed by atoms with Gasteiger partial charge in [-0.2, -0.15) is 0 Å². The second kappa shape index (κ2) is 5.53. The van der Waals surface area contributed by atoms with E-state index in [-0.39, 0.29) is 5.91 Å². The molecule has 3 rings (SSSR count). The summed E-state index contributed by atoms with van der Waals surface area (Å²) in [5.74, 6) is 1.53. The molecule has 0 aliphatic carbocycles. The van der Waals surface area contributed by atoms with Gasteiger partial charge >= 0.3 is 0 Å². The first-order valence-corrected chi connectivity index (χ1v) is 7.49. The second-order valence-electron chi connectivity index (χ2n) is 6.21. The minimum atomic E-state index is -0.771. The molecule has 1 N–H and O–H groups in total. The van der Waals surface area contributed by atoms with Gasteiger partial charge < -0.3 is 14.4 Å². The van der Waals surface area contributed by atoms with Crippen LogP contribution in [0.4, 0.5) is 0 Å². The monoisotopic (exact) mass is 287 g/mol. The summed E-state index contributed by atoms with van der Waals surface area (Å²) < 4.78 is 5.66. The highest BCUT2D eigenvalue weighted by Gasteiger charge is 2.33. The van der Waals surface area contributed by atoms with Gasteiger partial charge in [0.2, 0.25) is 5.91 Å². The number of aliphatic hydroxyl groups is 1. The topological polar surface area (TPSA) is 53.7 Å². The Balaban J connectivity index is 1.71. The van der Waals surface area contributed by atoms with Crippen LogP contribution in [0.15, 0.2) is 34.7 Å². The third-order valence-corrected chi connectivity index (χ3v) is 4.35. The van der Waals surface area contributed by atoms with E-state index in [4.69, 9.17) is 4.42 Å². The van der Waals surface area contributed by atoms with Crippen LogP contribution in [-0.4, -0.2) is 29.0 Å². The lowest BCUT2D eigenvalue weighted by Crippen LogP contribution is -2.30. The van der Waals surface area contributed by atoms with Crippen molar-refractivity contribution in [2.24, 2.45) is 11.8 Å². The van der Waals surface area contributed by atoms with E-state index >= 15 is 0 Å². The zero-order valence-corrected chi connectivity index (χ0v) is 12.5. The number of para-hydroxylation sites is 1. The molecule has 0 spiro atoms. The molecule has 1 amide bonds. The van der Waals surface area contributed by atoms with Crippen molar-refractivity contribution in [2.45, 2.75) is 26.4 Å². The summed E-state index contributed by atoms with van der Waals surface area (Å²) >= 11 is 0. The summed E-state index contributed by atoms with van der Waals surface area (Å²) in [6.07, 6.45) is -0.183. The van der Waals surface area contributed by atoms with Gasteiger partial charge in [-0.05, 0) is 24.0 Å². The molecule has 21 heavy (non-hydrogen) atoms. The minimum Gasteiger partial charge on any atom is -0.458 e. The van der Waals surface area contributed by atoms with Crippen LogP contribution in [0.25, 0.3) is 11.0 Å². The Bertz CT molecular complexity index is 613. The number of carbonyl (C=O) groups is 1. The van der Waals surface area contributed by atoms with Crippen LogP contribution in [0.3, 0.4) is 0 Å². The van der Waals surface area contributed by atoms with Crippen molar-refractivity contribution in [3.63, 3.8) is 0 Å². The number of hydrogen-bond donors (Lipinski definition) is 1. The van der Waals surface area contributed by atoms with Crippen molar-refractivity contribution in [3.8, 4) is 0 Å². The molecule has 4 heteroatoms. The molecule has 0 radical (unpaired) electrons. The Hall–Kier alpha value is -1.81. The molecule has 0 saturated carbocycles. The number of benzene rings is 1. The van der Waals surface area contributed by atoms with E-state index in [0.717, 1.165) is 17.5 Å². The van der Waals surface area contributed by atoms with Gasteiger partial charge in [0, 0.05) is 18.4 Å². The van der Waals surface area contributed by atoms with E-state index < -0.39 is 6.10 Å². The lowest BCUT2D eigenvalue weighted by Gasteiger charge is -2.20. The van der Waals surface area contributed by atoms with Crippen LogP contribution in [0.5, 0.6) is 0 Å². The van der Waals surface area contributed by atoms with E-state index in [0.29, 0.717) is 30.6 Å². The molecule has 112 valence electrons. The maximum absolute atomic E-state index is 12.0. The number of nitrogens with zero attached hydrogens (tertiary/aromatic N) is 1. The maximum Gasteiger partial charge on any atom is 0.223 e. The number of hydrogen-bond acceptors (Lipinski definition) is 3. The van der Waals surface area contributed by atoms with E-state index in [9.17, 15) is 9.90 Å². The van der Waals surface area contributed by atoms with E-state index in [1.807, 2.05) is 30.3 Å². The SMILES string of the molecule is CC(C)C1CC(=O)N(CC(O)c2cc3ccccc3o2)C1. The van der Waals surface area contributed by atoms with Gasteiger partial charge in [0.15, 0.2) is 0 Å². The number of amides is 1. The number of aliphatic hydroxyl groups excluding tert-OH is 1. The molecule has 1 aromatic heterocycles. The average molecular weight is 287 g/mol. The van der Waals surface area contributed by atoms with Crippen LogP contribution < -0.4 is 0 Å². The normalized spacial score (nSPS) is 20.7. The summed E-state index contributed by atoms with van der Waals surface area (Å²) in [5, 5.41) is 11.3. The molecular weight excluding hydrogens is 266 g/mol. The summed E-state index contributed by atoms with van der Waals surface area (Å²) in [4.78, 5) is 13.8. The quantitative estimate of drug-likeness (QED) is 0.940. The van der Waals surface area contributed by atoms with Gasteiger partial charge in [-0.25, -0.2) is 0 Å². The first kappa shape index (κ1) is 14.1. The third kappa shape index (κ3) is 2.81. The molecule has 1 aliphatic heterocycles. The highest BCUT2D eigenvalue weighted by atomic mass is 16.4. The molecule has 2 atom stereocenters. The number of rotatable bonds is 4. The lowest BCUT2D eigenvalue weighted by atomic mass is 9.95. The van der Waals surface area contributed by atoms with Gasteiger partial charge in [-0.15, -0.1) is 0 Å². The predicted octanol–water partition coefficient (Wildman–Crippen LogP) is 2.97. The van der Waals surface area contributed by atoms with Crippen molar-refractivity contribution in [1.29, 1.82) is 0 Å². The Labute approximate surface area is 124 Å². The fourth-order valence-corrected chi connectivity index (χ4v) is 2.89. The minimum absolute atomic E-state index is 0.129. The standard InChI is InChI=1S/C17H21NO3/c1-11(2)13-8-17(20)18(9-13)10-14(19)16-7-12-5-3-4-6-15(12)21-16/h3-7,11,13-14,19H,8-10H2,1-2H3. The van der Waals surface area contributed by atoms with Crippen molar-refractivity contribution in [3.05, 3.63) is 36.1 Å². The first-order chi connectivity index (χ1) is 10.0. The van der Waals surface area contributed by atoms with Crippen LogP contribution in [0.2, 0.25) is 0 Å². The predicted molar refractivity (Wildman–Crippen MR) is 80.7 cm³/mol. The number of carbonyl (C=O) groups excluding carboxylic acids is 1. The number of furan rings is 1. The molecule has 2 aromatic rings. The van der Waals surface area contributed by atoms with Crippen molar-refractivity contribution >= 4 is 16.9 Å². The van der Waals surface area contributed by atoms with Gasteiger partial charge in [0.05, 0.1) is 6.54 Å². The van der Waals surface area contributed by atoms with E-state index in [2.05, 4.69) is 13.8 Å². The molecular formula is C17H21NO3. The fourth-order valence-electron chi connectivity index (χ4n) is 2.89. The first-order valence-electron chi connectivity index (χ1n) is 7.49. The average Bonchev–Trinajstić information content (AvgIpc) is 3.03. The Kier molecular flexibility index (Phi) is 3.72. The van der Waals surface area contributed by atoms with Gasteiger partial charge in [-0.1, -0.05) is 32.0 Å². The largest absolute Gasteiger partial charge is 0.458 e. The van der Waals surface area contributed by atoms with Crippen LogP contribution in [-0.2, 0) is 4.79 Å². The molecule has 2 heterocycles. The molecule has 1 aliphatic rings. The van der Waals surface area contributed by atoms with Crippen LogP contribution in [0.1, 0.15) is 32.1 Å². The fraction of sp³-hybridized carbons (Fsp3) is 0.471. The third-order valence-electron chi connectivity index (χ3n) is 4.35. The zero-order chi connectivity index (χ0) is 15.0. The molecule has 2 unspecified atom stereocenters. The van der Waals surface area contributed by atoms with Crippen LogP contribution in [0, 0.1) is 11.8 Å². The van der Waals surface area contributed by atoms with Crippen molar-refractivity contribution < 1.29 is 14.3 Å². The van der Waals surface area contributed by atoms with E-state index in [1.54, 1.807) is 4.90 Å². The second-order valence-corrected chi connectivity index (χ2v) is 6.21. The highest BCUT2D eigenvalue weighted by Crippen LogP contribution is 2.28. The number of β-amino-alcohol motifs (C(OH)–C–C–N with tert-alkyl or cyclic N) is 1. The molecule has 1 fully saturated rings. The van der Waals surface area contributed by atoms with Gasteiger partial charge in [0.25, 0.3) is 0 Å². The number of fused-ring (bicyclic) bond motifs is 1. The van der Waals surface area contributed by atoms with Gasteiger partial charge in [0.1, 0.15) is 17.4 Å². The molecule has 1 saturated heterocycles. The van der Waals surface area contributed by atoms with Crippen molar-refractivity contribution in [2.75, 3.05) is 13.1 Å². The molecule has 0 bridgehead atoms. The lowest BCUT2D eigenvalue weighted by molar-refractivity contribution is -0.129. The highest BCUT2D eigenvalue weighted by molar-refractivity contribution is 5.79. The Morgan fingerprint density at radius 3 is 2.81 bits per heavy atom. The summed E-state index contributed by atoms with van der Waals surface area (Å²) in [6.45, 7) is 5.31. The summed E-state index contributed by atoms with van der Waals surface area (Å²) in [5.41, 5.74) is 0.763. The Morgan fingerprint density at radius 1 is 1.38 bits per heavy atom. The number of likely N-dealkylation sites (tertiary alicyclic amines) is 1. The smallest absolute Gasteiger partial charge is 0.223 e. The zero-order valence-electron chi connectivity index (χ0n) is 12.5.